The van der Waals surface area contributed by atoms with Gasteiger partial charge in [-0.2, -0.15) is 0 Å². The minimum Gasteiger partial charge on any atom is -0.508 e. The number of hydrogen-bond donors (Lipinski definition) is 3. The molecule has 38 heavy (non-hydrogen) atoms. The van der Waals surface area contributed by atoms with Crippen LogP contribution in [0.15, 0.2) is 95.0 Å². The second-order valence-corrected chi connectivity index (χ2v) is 9.99. The highest BCUT2D eigenvalue weighted by atomic mass is 32.2. The number of carbonyl (C=O) groups excluding carboxylic acids is 1. The van der Waals surface area contributed by atoms with Gasteiger partial charge in [-0.05, 0) is 84.8 Å². The van der Waals surface area contributed by atoms with Gasteiger partial charge >= 0.3 is 0 Å². The first-order chi connectivity index (χ1) is 18.4. The summed E-state index contributed by atoms with van der Waals surface area (Å²) in [6.45, 7) is 4.15. The Balaban J connectivity index is 1.51. The van der Waals surface area contributed by atoms with Crippen molar-refractivity contribution in [2.24, 2.45) is 0 Å². The Hall–Kier alpha value is -4.50. The second-order valence-electron chi connectivity index (χ2n) is 8.88. The van der Waals surface area contributed by atoms with Crippen molar-refractivity contribution in [1.29, 1.82) is 0 Å². The lowest BCUT2D eigenvalue weighted by Gasteiger charge is -2.15. The zero-order valence-electron chi connectivity index (χ0n) is 20.6. The average Bonchev–Trinajstić information content (AvgIpc) is 2.92. The molecule has 0 aliphatic heterocycles. The van der Waals surface area contributed by atoms with Crippen molar-refractivity contribution in [3.63, 3.8) is 0 Å². The van der Waals surface area contributed by atoms with Crippen LogP contribution in [0.5, 0.6) is 5.75 Å². The molecule has 0 saturated heterocycles. The Kier molecular flexibility index (Phi) is 7.19. The summed E-state index contributed by atoms with van der Waals surface area (Å²) in [5.74, 6) is 0.284. The molecule has 0 unspecified atom stereocenters. The summed E-state index contributed by atoms with van der Waals surface area (Å²) in [5, 5.41) is 16.6. The third-order valence-electron chi connectivity index (χ3n) is 5.77. The molecule has 2 aromatic heterocycles. The fourth-order valence-electron chi connectivity index (χ4n) is 3.74. The molecule has 0 fully saturated rings. The topological polar surface area (TPSA) is 100 Å². The Morgan fingerprint density at radius 1 is 0.947 bits per heavy atom. The summed E-state index contributed by atoms with van der Waals surface area (Å²) in [6.07, 6.45) is 1.46. The Bertz CT molecular complexity index is 1610. The molecule has 190 valence electrons. The van der Waals surface area contributed by atoms with Crippen LogP contribution in [0.1, 0.15) is 35.8 Å². The van der Waals surface area contributed by atoms with E-state index in [4.69, 9.17) is 0 Å². The standard InChI is InChI=1S/C29H24FN5O2S/c1-17(2)24-13-12-23-27(34-24)31-16-32-28(23)35-25-15-18(29(37)33-20-6-4-19(30)5-7-20)3-14-26(25)38-22-10-8-21(36)9-11-22/h3-17,36H,1-2H3,(H,33,37)(H,31,32,34,35). The van der Waals surface area contributed by atoms with Gasteiger partial charge < -0.3 is 15.7 Å². The molecule has 0 saturated carbocycles. The molecule has 7 nitrogen and oxygen atoms in total. The number of halogens is 1. The van der Waals surface area contributed by atoms with Crippen LogP contribution in [0.25, 0.3) is 11.0 Å². The third kappa shape index (κ3) is 5.73. The molecule has 0 bridgehead atoms. The first kappa shape index (κ1) is 25.2. The summed E-state index contributed by atoms with van der Waals surface area (Å²) in [7, 11) is 0. The highest BCUT2D eigenvalue weighted by Crippen LogP contribution is 2.37. The van der Waals surface area contributed by atoms with Crippen molar-refractivity contribution < 1.29 is 14.3 Å². The highest BCUT2D eigenvalue weighted by molar-refractivity contribution is 7.99. The molecule has 9 heteroatoms. The number of phenols is 1. The summed E-state index contributed by atoms with van der Waals surface area (Å²) in [5.41, 5.74) is 3.06. The number of aromatic hydroxyl groups is 1. The van der Waals surface area contributed by atoms with E-state index in [0.29, 0.717) is 28.4 Å². The van der Waals surface area contributed by atoms with E-state index in [-0.39, 0.29) is 23.4 Å². The number of nitrogens with zero attached hydrogens (tertiary/aromatic N) is 3. The van der Waals surface area contributed by atoms with E-state index in [9.17, 15) is 14.3 Å². The largest absolute Gasteiger partial charge is 0.508 e. The van der Waals surface area contributed by atoms with Crippen molar-refractivity contribution in [3.8, 4) is 5.75 Å². The molecular formula is C29H24FN5O2S. The predicted molar refractivity (Wildman–Crippen MR) is 148 cm³/mol. The van der Waals surface area contributed by atoms with E-state index in [2.05, 4.69) is 39.4 Å². The van der Waals surface area contributed by atoms with E-state index < -0.39 is 0 Å². The van der Waals surface area contributed by atoms with Crippen molar-refractivity contribution in [3.05, 3.63) is 102 Å². The fraction of sp³-hybridized carbons (Fsp3) is 0.103. The van der Waals surface area contributed by atoms with Crippen molar-refractivity contribution in [2.75, 3.05) is 10.6 Å². The molecule has 0 aliphatic rings. The molecule has 0 spiro atoms. The molecular weight excluding hydrogens is 501 g/mol. The number of hydrogen-bond acceptors (Lipinski definition) is 7. The Morgan fingerprint density at radius 2 is 1.71 bits per heavy atom. The average molecular weight is 526 g/mol. The minimum absolute atomic E-state index is 0.182. The smallest absolute Gasteiger partial charge is 0.255 e. The number of pyridine rings is 1. The molecule has 0 radical (unpaired) electrons. The van der Waals surface area contributed by atoms with Crippen LogP contribution >= 0.6 is 11.8 Å². The normalized spacial score (nSPS) is 11.1. The van der Waals surface area contributed by atoms with Crippen LogP contribution in [-0.4, -0.2) is 26.0 Å². The highest BCUT2D eigenvalue weighted by Gasteiger charge is 2.15. The first-order valence-corrected chi connectivity index (χ1v) is 12.7. The second kappa shape index (κ2) is 10.9. The lowest BCUT2D eigenvalue weighted by Crippen LogP contribution is -2.12. The first-order valence-electron chi connectivity index (χ1n) is 11.9. The number of aromatic nitrogens is 3. The Morgan fingerprint density at radius 3 is 2.45 bits per heavy atom. The van der Waals surface area contributed by atoms with E-state index in [0.717, 1.165) is 20.9 Å². The van der Waals surface area contributed by atoms with Crippen LogP contribution in [0.2, 0.25) is 0 Å². The number of fused-ring (bicyclic) bond motifs is 1. The minimum atomic E-state index is -0.378. The van der Waals surface area contributed by atoms with Crippen LogP contribution in [0, 0.1) is 5.82 Å². The van der Waals surface area contributed by atoms with Gasteiger partial charge in [0.05, 0.1) is 11.1 Å². The van der Waals surface area contributed by atoms with Gasteiger partial charge in [-0.1, -0.05) is 25.6 Å². The molecule has 3 aromatic carbocycles. The third-order valence-corrected chi connectivity index (χ3v) is 6.86. The van der Waals surface area contributed by atoms with Crippen molar-refractivity contribution in [2.45, 2.75) is 29.6 Å². The summed E-state index contributed by atoms with van der Waals surface area (Å²) in [6, 6.07) is 21.7. The number of benzene rings is 3. The monoisotopic (exact) mass is 525 g/mol. The maximum atomic E-state index is 13.3. The van der Waals surface area contributed by atoms with Gasteiger partial charge in [-0.25, -0.2) is 19.3 Å². The maximum absolute atomic E-state index is 13.3. The molecule has 3 N–H and O–H groups in total. The Labute approximate surface area is 223 Å². The van der Waals surface area contributed by atoms with Crippen LogP contribution in [0.4, 0.5) is 21.6 Å². The van der Waals surface area contributed by atoms with E-state index in [1.54, 1.807) is 24.3 Å². The molecule has 2 heterocycles. The zero-order valence-corrected chi connectivity index (χ0v) is 21.5. The number of phenolic OH excluding ortho intramolecular Hbond substituents is 1. The fourth-order valence-corrected chi connectivity index (χ4v) is 4.62. The number of rotatable bonds is 7. The maximum Gasteiger partial charge on any atom is 0.255 e. The molecule has 0 aliphatic carbocycles. The van der Waals surface area contributed by atoms with E-state index >= 15 is 0 Å². The van der Waals surface area contributed by atoms with Gasteiger partial charge in [0.2, 0.25) is 0 Å². The molecule has 5 aromatic rings. The van der Waals surface area contributed by atoms with Crippen LogP contribution in [-0.2, 0) is 0 Å². The van der Waals surface area contributed by atoms with Gasteiger partial charge in [-0.3, -0.25) is 4.79 Å². The molecule has 1 amide bonds. The number of anilines is 3. The van der Waals surface area contributed by atoms with E-state index in [1.165, 1.54) is 42.4 Å². The number of nitrogens with one attached hydrogen (secondary N) is 2. The predicted octanol–water partition coefficient (Wildman–Crippen LogP) is 7.14. The zero-order chi connectivity index (χ0) is 26.6. The van der Waals surface area contributed by atoms with Gasteiger partial charge in [0.25, 0.3) is 5.91 Å². The van der Waals surface area contributed by atoms with Crippen LogP contribution in [0.3, 0.4) is 0 Å². The summed E-state index contributed by atoms with van der Waals surface area (Å²) < 4.78 is 13.3. The lowest BCUT2D eigenvalue weighted by atomic mass is 10.1. The SMILES string of the molecule is CC(C)c1ccc2c(Nc3cc(C(=O)Nc4ccc(F)cc4)ccc3Sc3ccc(O)cc3)ncnc2n1. The van der Waals surface area contributed by atoms with E-state index in [1.807, 2.05) is 30.3 Å². The summed E-state index contributed by atoms with van der Waals surface area (Å²) in [4.78, 5) is 28.2. The molecule has 0 atom stereocenters. The van der Waals surface area contributed by atoms with Gasteiger partial charge in [0.1, 0.15) is 23.7 Å². The number of carbonyl (C=O) groups is 1. The van der Waals surface area contributed by atoms with Crippen molar-refractivity contribution in [1.82, 2.24) is 15.0 Å². The van der Waals surface area contributed by atoms with Gasteiger partial charge in [-0.15, -0.1) is 0 Å². The lowest BCUT2D eigenvalue weighted by molar-refractivity contribution is 0.102. The molecule has 5 rings (SSSR count). The summed E-state index contributed by atoms with van der Waals surface area (Å²) >= 11 is 1.47. The quantitative estimate of drug-likeness (QED) is 0.208. The van der Waals surface area contributed by atoms with Gasteiger partial charge in [0, 0.05) is 26.7 Å². The van der Waals surface area contributed by atoms with Crippen LogP contribution < -0.4 is 10.6 Å². The van der Waals surface area contributed by atoms with Crippen molar-refractivity contribution >= 4 is 45.9 Å². The van der Waals surface area contributed by atoms with Gasteiger partial charge in [0.15, 0.2) is 5.65 Å². The number of amides is 1.